The number of likely N-dealkylation sites (tertiary alicyclic amines) is 1. The third-order valence-corrected chi connectivity index (χ3v) is 15.4. The first-order chi connectivity index (χ1) is 26.4. The van der Waals surface area contributed by atoms with E-state index < -0.39 is 30.0 Å². The van der Waals surface area contributed by atoms with E-state index in [1.807, 2.05) is 10.7 Å². The van der Waals surface area contributed by atoms with E-state index in [0.717, 1.165) is 82.4 Å². The summed E-state index contributed by atoms with van der Waals surface area (Å²) in [5.41, 5.74) is 5.38. The first-order valence-corrected chi connectivity index (χ1v) is 31.7. The molecule has 0 aliphatic carbocycles. The van der Waals surface area contributed by atoms with Gasteiger partial charge >= 0.3 is 0 Å². The average Bonchev–Trinajstić information content (AvgIpc) is 3.82. The quantitative estimate of drug-likeness (QED) is 0.0477. The van der Waals surface area contributed by atoms with E-state index in [0.29, 0.717) is 52.3 Å². The fourth-order valence-corrected chi connectivity index (χ4v) is 8.95. The average molecular weight is 825 g/mol. The molecule has 10 nitrogen and oxygen atoms in total. The molecule has 1 saturated heterocycles. The van der Waals surface area contributed by atoms with Crippen molar-refractivity contribution in [2.75, 3.05) is 46.8 Å². The van der Waals surface area contributed by atoms with Gasteiger partial charge in [-0.2, -0.15) is 5.10 Å². The third kappa shape index (κ3) is 13.2. The summed E-state index contributed by atoms with van der Waals surface area (Å²) in [4.78, 5) is 7.55. The van der Waals surface area contributed by atoms with E-state index >= 15 is 4.39 Å². The monoisotopic (exact) mass is 824 g/mol. The number of halogens is 1. The lowest BCUT2D eigenvalue weighted by Crippen LogP contribution is -2.31. The van der Waals surface area contributed by atoms with Crippen LogP contribution < -0.4 is 10.1 Å². The molecule has 1 unspecified atom stereocenters. The summed E-state index contributed by atoms with van der Waals surface area (Å²) in [5.74, 6) is 0.578. The van der Waals surface area contributed by atoms with Crippen molar-refractivity contribution < 1.29 is 23.3 Å². The van der Waals surface area contributed by atoms with Crippen LogP contribution >= 0.6 is 0 Å². The Labute approximate surface area is 338 Å². The maximum Gasteiger partial charge on any atom is 0.189 e. The Balaban J connectivity index is 1.48. The number of likely N-dealkylation sites (N-methyl/N-ethyl adjacent to an activating group) is 1. The molecular formula is C42H69FN6O4Si3. The van der Waals surface area contributed by atoms with Gasteiger partial charge in [0.25, 0.3) is 0 Å². The summed E-state index contributed by atoms with van der Waals surface area (Å²) < 4.78 is 43.8. The molecule has 0 amide bonds. The van der Waals surface area contributed by atoms with Crippen molar-refractivity contribution in [2.24, 2.45) is 0 Å². The number of ether oxygens (including phenoxy) is 4. The Bertz CT molecular complexity index is 1880. The summed E-state index contributed by atoms with van der Waals surface area (Å²) in [6.07, 6.45) is 3.95. The number of benzene rings is 2. The van der Waals surface area contributed by atoms with E-state index in [2.05, 4.69) is 112 Å². The van der Waals surface area contributed by atoms with Crippen LogP contribution in [0, 0.1) is 5.82 Å². The van der Waals surface area contributed by atoms with Crippen molar-refractivity contribution in [3.8, 4) is 28.4 Å². The molecule has 1 aliphatic rings. The van der Waals surface area contributed by atoms with Gasteiger partial charge in [-0.1, -0.05) is 71.9 Å². The van der Waals surface area contributed by atoms with Crippen LogP contribution in [0.3, 0.4) is 0 Å². The smallest absolute Gasteiger partial charge is 0.189 e. The number of fused-ring (bicyclic) bond motifs is 1. The van der Waals surface area contributed by atoms with Crippen LogP contribution in [0.4, 0.5) is 4.39 Å². The lowest BCUT2D eigenvalue weighted by Gasteiger charge is -2.16. The SMILES string of the molecule is CCc1cc(OCOCC[Si](C)(C)C)c(F)cc1-c1ccc2c(-c3nc(CNC4CCN(C)C4)cn3COCC[Si](C)(C)C)nn(COCC[Si](C)(C)C)c2c1. The molecule has 3 heterocycles. The minimum absolute atomic E-state index is 0.0321. The largest absolute Gasteiger partial charge is 0.464 e. The van der Waals surface area contributed by atoms with E-state index in [1.165, 1.54) is 0 Å². The van der Waals surface area contributed by atoms with Crippen LogP contribution in [-0.4, -0.2) is 101 Å². The molecule has 14 heteroatoms. The Morgan fingerprint density at radius 3 is 2.14 bits per heavy atom. The number of aromatic nitrogens is 4. The second-order valence-electron chi connectivity index (χ2n) is 19.2. The first kappa shape index (κ1) is 44.4. The Morgan fingerprint density at radius 1 is 0.857 bits per heavy atom. The van der Waals surface area contributed by atoms with E-state index in [9.17, 15) is 0 Å². The molecule has 1 fully saturated rings. The van der Waals surface area contributed by atoms with Gasteiger partial charge in [-0.25, -0.2) is 14.1 Å². The zero-order chi connectivity index (χ0) is 40.7. The molecule has 1 atom stereocenters. The predicted molar refractivity (Wildman–Crippen MR) is 236 cm³/mol. The summed E-state index contributed by atoms with van der Waals surface area (Å²) in [6.45, 7) is 28.7. The summed E-state index contributed by atoms with van der Waals surface area (Å²) in [6, 6.07) is 13.3. The van der Waals surface area contributed by atoms with Gasteiger partial charge in [-0.15, -0.1) is 0 Å². The van der Waals surface area contributed by atoms with Crippen LogP contribution in [0.5, 0.6) is 5.75 Å². The van der Waals surface area contributed by atoms with Crippen molar-refractivity contribution in [3.63, 3.8) is 0 Å². The Hall–Kier alpha value is -2.70. The van der Waals surface area contributed by atoms with Crippen LogP contribution in [0.1, 0.15) is 24.6 Å². The Morgan fingerprint density at radius 2 is 1.52 bits per heavy atom. The van der Waals surface area contributed by atoms with Crippen LogP contribution in [-0.2, 0) is 40.6 Å². The number of hydrogen-bond donors (Lipinski definition) is 1. The van der Waals surface area contributed by atoms with Crippen LogP contribution in [0.2, 0.25) is 77.1 Å². The van der Waals surface area contributed by atoms with Gasteiger partial charge < -0.3 is 33.7 Å². The van der Waals surface area contributed by atoms with E-state index in [4.69, 9.17) is 29.0 Å². The molecule has 2 aromatic carbocycles. The van der Waals surface area contributed by atoms with Gasteiger partial charge in [-0.05, 0) is 85.5 Å². The van der Waals surface area contributed by atoms with Crippen molar-refractivity contribution in [2.45, 2.75) is 123 Å². The fourth-order valence-electron chi connectivity index (χ4n) is 6.68. The number of nitrogens with zero attached hydrogens (tertiary/aromatic N) is 5. The van der Waals surface area contributed by atoms with Crippen molar-refractivity contribution in [3.05, 3.63) is 53.6 Å². The van der Waals surface area contributed by atoms with E-state index in [-0.39, 0.29) is 12.5 Å². The first-order valence-electron chi connectivity index (χ1n) is 20.6. The number of hydrogen-bond acceptors (Lipinski definition) is 8. The van der Waals surface area contributed by atoms with Crippen molar-refractivity contribution in [1.82, 2.24) is 29.5 Å². The molecule has 0 radical (unpaired) electrons. The van der Waals surface area contributed by atoms with Crippen LogP contribution in [0.15, 0.2) is 36.5 Å². The molecule has 4 aromatic rings. The third-order valence-electron chi connectivity index (χ3n) is 10.3. The van der Waals surface area contributed by atoms with Gasteiger partial charge in [0.1, 0.15) is 19.2 Å². The molecular weight excluding hydrogens is 756 g/mol. The molecule has 0 bridgehead atoms. The molecule has 0 saturated carbocycles. The fraction of sp³-hybridized carbons (Fsp3) is 0.619. The Kier molecular flexibility index (Phi) is 15.4. The lowest BCUT2D eigenvalue weighted by molar-refractivity contribution is 0.0197. The molecule has 0 spiro atoms. The van der Waals surface area contributed by atoms with Crippen molar-refractivity contribution >= 4 is 35.1 Å². The summed E-state index contributed by atoms with van der Waals surface area (Å²) in [5, 5.41) is 9.88. The number of nitrogens with one attached hydrogen (secondary N) is 1. The highest BCUT2D eigenvalue weighted by Gasteiger charge is 2.24. The van der Waals surface area contributed by atoms with E-state index in [1.54, 1.807) is 6.07 Å². The normalized spacial score (nSPS) is 15.8. The zero-order valence-corrected chi connectivity index (χ0v) is 39.2. The predicted octanol–water partition coefficient (Wildman–Crippen LogP) is 9.38. The molecule has 56 heavy (non-hydrogen) atoms. The maximum atomic E-state index is 15.7. The molecule has 2 aromatic heterocycles. The maximum absolute atomic E-state index is 15.7. The summed E-state index contributed by atoms with van der Waals surface area (Å²) >= 11 is 0. The van der Waals surface area contributed by atoms with Gasteiger partial charge in [0.15, 0.2) is 24.2 Å². The lowest BCUT2D eigenvalue weighted by atomic mass is 9.96. The van der Waals surface area contributed by atoms with Crippen molar-refractivity contribution in [1.29, 1.82) is 0 Å². The highest BCUT2D eigenvalue weighted by atomic mass is 28.3. The second-order valence-corrected chi connectivity index (χ2v) is 36.1. The molecule has 310 valence electrons. The van der Waals surface area contributed by atoms with Gasteiger partial charge in [0, 0.05) is 74.8 Å². The number of aryl methyl sites for hydroxylation is 1. The zero-order valence-electron chi connectivity index (χ0n) is 36.2. The highest BCUT2D eigenvalue weighted by molar-refractivity contribution is 6.76. The number of rotatable bonds is 22. The van der Waals surface area contributed by atoms with Crippen LogP contribution in [0.25, 0.3) is 33.5 Å². The molecule has 1 aliphatic heterocycles. The highest BCUT2D eigenvalue weighted by Crippen LogP contribution is 2.35. The summed E-state index contributed by atoms with van der Waals surface area (Å²) in [7, 11) is -1.59. The minimum Gasteiger partial charge on any atom is -0.464 e. The topological polar surface area (TPSA) is 87.8 Å². The number of imidazole rings is 1. The van der Waals surface area contributed by atoms with Gasteiger partial charge in [-0.3, -0.25) is 0 Å². The molecule has 1 N–H and O–H groups in total. The second kappa shape index (κ2) is 19.4. The van der Waals surface area contributed by atoms with Gasteiger partial charge in [0.05, 0.1) is 11.2 Å². The van der Waals surface area contributed by atoms with Gasteiger partial charge in [0.2, 0.25) is 0 Å². The standard InChI is InChI=1S/C42H69FN6O4Si3/c1-12-32-24-40(53-31-52-19-22-56(9,10)11)38(43)25-37(32)33-13-14-36-39(23-33)49(30-51-18-21-55(6,7)8)46-41(36)42-45-35(26-44-34-15-16-47(2)27-34)28-48(42)29-50-17-20-54(3,4)5/h13-14,23-25,28,34,44H,12,15-22,26-27,29-31H2,1-11H3. The minimum atomic E-state index is -1.29. The molecule has 5 rings (SSSR count).